The molecule has 6 nitrogen and oxygen atoms in total. The lowest BCUT2D eigenvalue weighted by atomic mass is 9.86. The molecule has 0 saturated heterocycles. The molecule has 0 aliphatic heterocycles. The van der Waals surface area contributed by atoms with Crippen LogP contribution in [0, 0.1) is 5.92 Å². The average Bonchev–Trinajstić information content (AvgIpc) is 2.98. The van der Waals surface area contributed by atoms with Crippen molar-refractivity contribution < 1.29 is 4.79 Å². The van der Waals surface area contributed by atoms with Gasteiger partial charge in [-0.15, -0.1) is 10.2 Å². The maximum Gasteiger partial charge on any atom is 0.233 e. The molecule has 3 atom stereocenters. The highest BCUT2D eigenvalue weighted by Gasteiger charge is 2.26. The Morgan fingerprint density at radius 3 is 2.88 bits per heavy atom. The Morgan fingerprint density at radius 1 is 1.36 bits per heavy atom. The van der Waals surface area contributed by atoms with E-state index >= 15 is 0 Å². The summed E-state index contributed by atoms with van der Waals surface area (Å²) in [6.45, 7) is 4.15. The van der Waals surface area contributed by atoms with E-state index in [-0.39, 0.29) is 11.2 Å². The topological polar surface area (TPSA) is 72.7 Å². The predicted octanol–water partition coefficient (Wildman–Crippen LogP) is 3.05. The first-order chi connectivity index (χ1) is 12.1. The fourth-order valence-electron chi connectivity index (χ4n) is 3.21. The van der Waals surface area contributed by atoms with Crippen LogP contribution in [-0.2, 0) is 11.8 Å². The fourth-order valence-corrected chi connectivity index (χ4v) is 4.03. The van der Waals surface area contributed by atoms with Crippen LogP contribution < -0.4 is 5.32 Å². The molecule has 1 N–H and O–H groups in total. The predicted molar refractivity (Wildman–Crippen MR) is 99.1 cm³/mol. The minimum atomic E-state index is -0.209. The van der Waals surface area contributed by atoms with Crippen molar-refractivity contribution in [2.24, 2.45) is 13.0 Å². The Hall–Kier alpha value is -1.89. The number of hydrogen-bond donors (Lipinski definition) is 1. The summed E-state index contributed by atoms with van der Waals surface area (Å²) < 4.78 is 1.91. The van der Waals surface area contributed by atoms with Crippen LogP contribution in [0.15, 0.2) is 29.7 Å². The highest BCUT2D eigenvalue weighted by atomic mass is 32.2. The molecular formula is C18H25N5OS. The van der Waals surface area contributed by atoms with Gasteiger partial charge < -0.3 is 9.88 Å². The summed E-state index contributed by atoms with van der Waals surface area (Å²) in [6, 6.07) is 4.12. The van der Waals surface area contributed by atoms with Gasteiger partial charge in [0.15, 0.2) is 11.0 Å². The van der Waals surface area contributed by atoms with Crippen LogP contribution in [0.5, 0.6) is 0 Å². The number of pyridine rings is 1. The van der Waals surface area contributed by atoms with Crippen molar-refractivity contribution in [3.8, 4) is 11.4 Å². The average molecular weight is 359 g/mol. The van der Waals surface area contributed by atoms with Gasteiger partial charge in [-0.05, 0) is 37.8 Å². The van der Waals surface area contributed by atoms with E-state index in [1.165, 1.54) is 31.0 Å². The number of thioether (sulfide) groups is 1. The lowest BCUT2D eigenvalue weighted by molar-refractivity contribution is -0.121. The van der Waals surface area contributed by atoms with Gasteiger partial charge in [-0.2, -0.15) is 0 Å². The number of aromatic nitrogens is 4. The summed E-state index contributed by atoms with van der Waals surface area (Å²) in [6.07, 6.45) is 8.25. The van der Waals surface area contributed by atoms with Gasteiger partial charge in [0.2, 0.25) is 5.91 Å². The number of hydrogen-bond acceptors (Lipinski definition) is 5. The molecule has 0 bridgehead atoms. The Morgan fingerprint density at radius 2 is 2.16 bits per heavy atom. The number of carbonyl (C=O) groups excluding carboxylic acids is 1. The zero-order valence-electron chi connectivity index (χ0n) is 15.0. The van der Waals surface area contributed by atoms with Crippen LogP contribution in [-0.4, -0.2) is 36.9 Å². The summed E-state index contributed by atoms with van der Waals surface area (Å²) in [7, 11) is 1.92. The third kappa shape index (κ3) is 4.21. The molecule has 25 heavy (non-hydrogen) atoms. The molecule has 0 radical (unpaired) electrons. The highest BCUT2D eigenvalue weighted by Crippen LogP contribution is 2.27. The van der Waals surface area contributed by atoms with E-state index in [2.05, 4.69) is 27.4 Å². The van der Waals surface area contributed by atoms with E-state index in [0.29, 0.717) is 12.0 Å². The summed E-state index contributed by atoms with van der Waals surface area (Å²) >= 11 is 1.44. The van der Waals surface area contributed by atoms with Gasteiger partial charge in [0.25, 0.3) is 0 Å². The van der Waals surface area contributed by atoms with E-state index in [1.54, 1.807) is 12.4 Å². The number of nitrogens with zero attached hydrogens (tertiary/aromatic N) is 4. The summed E-state index contributed by atoms with van der Waals surface area (Å²) in [5, 5.41) is 12.2. The second kappa shape index (κ2) is 7.99. The molecule has 2 aromatic heterocycles. The number of rotatable bonds is 5. The van der Waals surface area contributed by atoms with E-state index in [0.717, 1.165) is 23.0 Å². The van der Waals surface area contributed by atoms with Crippen LogP contribution >= 0.6 is 11.8 Å². The smallest absolute Gasteiger partial charge is 0.233 e. The van der Waals surface area contributed by atoms with Crippen molar-refractivity contribution in [3.63, 3.8) is 0 Å². The molecule has 2 aromatic rings. The number of nitrogens with one attached hydrogen (secondary N) is 1. The SMILES string of the molecule is CC(Sc1nnc(-c2cccnc2)n1C)C(=O)NC1CCCCC1C. The maximum absolute atomic E-state index is 12.5. The molecule has 3 rings (SSSR count). The van der Waals surface area contributed by atoms with Crippen LogP contribution in [0.3, 0.4) is 0 Å². The largest absolute Gasteiger partial charge is 0.352 e. The molecule has 1 fully saturated rings. The Labute approximate surface area is 152 Å². The van der Waals surface area contributed by atoms with Crippen LogP contribution in [0.4, 0.5) is 0 Å². The second-order valence-corrected chi connectivity index (χ2v) is 8.05. The highest BCUT2D eigenvalue weighted by molar-refractivity contribution is 8.00. The summed E-state index contributed by atoms with van der Waals surface area (Å²) in [5.74, 6) is 1.39. The normalized spacial score (nSPS) is 21.7. The minimum absolute atomic E-state index is 0.0784. The zero-order chi connectivity index (χ0) is 17.8. The molecule has 1 saturated carbocycles. The Bertz CT molecular complexity index is 718. The molecule has 3 unspecified atom stereocenters. The molecule has 0 spiro atoms. The van der Waals surface area contributed by atoms with E-state index < -0.39 is 0 Å². The van der Waals surface area contributed by atoms with Crippen molar-refractivity contribution in [3.05, 3.63) is 24.5 Å². The van der Waals surface area contributed by atoms with E-state index in [1.807, 2.05) is 30.7 Å². The third-order valence-electron chi connectivity index (χ3n) is 4.85. The Balaban J connectivity index is 1.64. The minimum Gasteiger partial charge on any atom is -0.352 e. The lowest BCUT2D eigenvalue weighted by Gasteiger charge is -2.30. The second-order valence-electron chi connectivity index (χ2n) is 6.74. The first-order valence-corrected chi connectivity index (χ1v) is 9.71. The van der Waals surface area contributed by atoms with Crippen molar-refractivity contribution >= 4 is 17.7 Å². The van der Waals surface area contributed by atoms with Gasteiger partial charge in [0.1, 0.15) is 0 Å². The standard InChI is InChI=1S/C18H25N5OS/c1-12-7-4-5-9-15(12)20-17(24)13(2)25-18-22-21-16(23(18)3)14-8-6-10-19-11-14/h6,8,10-13,15H,4-5,7,9H2,1-3H3,(H,20,24). The molecule has 2 heterocycles. The van der Waals surface area contributed by atoms with Crippen molar-refractivity contribution in [1.29, 1.82) is 0 Å². The molecular weight excluding hydrogens is 334 g/mol. The molecule has 134 valence electrons. The Kier molecular flexibility index (Phi) is 5.73. The van der Waals surface area contributed by atoms with Crippen LogP contribution in [0.25, 0.3) is 11.4 Å². The molecule has 0 aromatic carbocycles. The summed E-state index contributed by atoms with van der Waals surface area (Å²) in [4.78, 5) is 16.7. The molecule has 1 aliphatic rings. The lowest BCUT2D eigenvalue weighted by Crippen LogP contribution is -2.44. The van der Waals surface area contributed by atoms with Gasteiger partial charge in [0, 0.05) is 31.0 Å². The third-order valence-corrected chi connectivity index (χ3v) is 5.98. The van der Waals surface area contributed by atoms with Gasteiger partial charge in [0.05, 0.1) is 5.25 Å². The van der Waals surface area contributed by atoms with Gasteiger partial charge in [-0.25, -0.2) is 0 Å². The van der Waals surface area contributed by atoms with Gasteiger partial charge in [-0.3, -0.25) is 9.78 Å². The van der Waals surface area contributed by atoms with Crippen molar-refractivity contribution in [2.45, 2.75) is 56.0 Å². The molecule has 1 aliphatic carbocycles. The van der Waals surface area contributed by atoms with Crippen LogP contribution in [0.1, 0.15) is 39.5 Å². The number of amides is 1. The molecule has 1 amide bonds. The fraction of sp³-hybridized carbons (Fsp3) is 0.556. The van der Waals surface area contributed by atoms with Gasteiger partial charge >= 0.3 is 0 Å². The first kappa shape index (κ1) is 17.9. The molecule has 7 heteroatoms. The van der Waals surface area contributed by atoms with Gasteiger partial charge in [-0.1, -0.05) is 31.5 Å². The maximum atomic E-state index is 12.5. The summed E-state index contributed by atoms with van der Waals surface area (Å²) in [5.41, 5.74) is 0.914. The van der Waals surface area contributed by atoms with E-state index in [9.17, 15) is 4.79 Å². The van der Waals surface area contributed by atoms with E-state index in [4.69, 9.17) is 0 Å². The van der Waals surface area contributed by atoms with Crippen molar-refractivity contribution in [1.82, 2.24) is 25.1 Å². The first-order valence-electron chi connectivity index (χ1n) is 8.83. The number of carbonyl (C=O) groups is 1. The zero-order valence-corrected chi connectivity index (χ0v) is 15.8. The quantitative estimate of drug-likeness (QED) is 0.831. The monoisotopic (exact) mass is 359 g/mol. The van der Waals surface area contributed by atoms with Crippen molar-refractivity contribution in [2.75, 3.05) is 0 Å². The van der Waals surface area contributed by atoms with Crippen LogP contribution in [0.2, 0.25) is 0 Å².